The SMILES string of the molecule is CCC1(CO)CCCN(CC2COc3ccccc3O2)C1. The fourth-order valence-corrected chi connectivity index (χ4v) is 3.44. The van der Waals surface area contributed by atoms with E-state index in [4.69, 9.17) is 9.47 Å². The largest absolute Gasteiger partial charge is 0.486 e. The topological polar surface area (TPSA) is 41.9 Å². The summed E-state index contributed by atoms with van der Waals surface area (Å²) in [6.45, 7) is 5.98. The van der Waals surface area contributed by atoms with Crippen LogP contribution in [0, 0.1) is 5.41 Å². The number of ether oxygens (including phenoxy) is 2. The van der Waals surface area contributed by atoms with Gasteiger partial charge in [-0.1, -0.05) is 19.1 Å². The van der Waals surface area contributed by atoms with E-state index in [0.717, 1.165) is 50.4 Å². The molecule has 2 aliphatic rings. The highest BCUT2D eigenvalue weighted by Crippen LogP contribution is 2.34. The zero-order valence-corrected chi connectivity index (χ0v) is 12.8. The lowest BCUT2D eigenvalue weighted by Crippen LogP contribution is -2.49. The molecule has 0 aromatic heterocycles. The third-order valence-corrected chi connectivity index (χ3v) is 4.86. The van der Waals surface area contributed by atoms with Crippen molar-refractivity contribution < 1.29 is 14.6 Å². The number of benzene rings is 1. The molecule has 2 atom stereocenters. The molecule has 116 valence electrons. The average Bonchev–Trinajstić information content (AvgIpc) is 2.55. The normalized spacial score (nSPS) is 29.3. The molecule has 0 bridgehead atoms. The molecule has 0 saturated carbocycles. The third kappa shape index (κ3) is 3.16. The highest BCUT2D eigenvalue weighted by Gasteiger charge is 2.34. The predicted octanol–water partition coefficient (Wildman–Crippen LogP) is 2.31. The van der Waals surface area contributed by atoms with Gasteiger partial charge < -0.3 is 14.6 Å². The van der Waals surface area contributed by atoms with E-state index < -0.39 is 0 Å². The van der Waals surface area contributed by atoms with Crippen molar-refractivity contribution in [1.82, 2.24) is 4.90 Å². The first-order chi connectivity index (χ1) is 10.2. The van der Waals surface area contributed by atoms with E-state index in [1.165, 1.54) is 0 Å². The summed E-state index contributed by atoms with van der Waals surface area (Å²) in [5.41, 5.74) is 0.0751. The second kappa shape index (κ2) is 6.24. The maximum Gasteiger partial charge on any atom is 0.161 e. The molecule has 2 aliphatic heterocycles. The van der Waals surface area contributed by atoms with Gasteiger partial charge in [0.2, 0.25) is 0 Å². The Morgan fingerprint density at radius 1 is 1.33 bits per heavy atom. The van der Waals surface area contributed by atoms with Crippen LogP contribution in [0.4, 0.5) is 0 Å². The number of likely N-dealkylation sites (tertiary alicyclic amines) is 1. The first-order valence-electron chi connectivity index (χ1n) is 7.96. The quantitative estimate of drug-likeness (QED) is 0.924. The minimum atomic E-state index is 0.0751. The third-order valence-electron chi connectivity index (χ3n) is 4.86. The Balaban J connectivity index is 1.60. The van der Waals surface area contributed by atoms with Crippen molar-refractivity contribution >= 4 is 0 Å². The molecule has 4 heteroatoms. The number of hydrogen-bond acceptors (Lipinski definition) is 4. The van der Waals surface area contributed by atoms with Crippen molar-refractivity contribution in [3.63, 3.8) is 0 Å². The molecule has 1 N–H and O–H groups in total. The van der Waals surface area contributed by atoms with Gasteiger partial charge in [-0.25, -0.2) is 0 Å². The second-order valence-electron chi connectivity index (χ2n) is 6.35. The number of aliphatic hydroxyl groups excluding tert-OH is 1. The number of hydrogen-bond donors (Lipinski definition) is 1. The number of aliphatic hydroxyl groups is 1. The highest BCUT2D eigenvalue weighted by molar-refractivity contribution is 5.40. The molecular formula is C17H25NO3. The van der Waals surface area contributed by atoms with Crippen molar-refractivity contribution in [2.75, 3.05) is 32.8 Å². The fraction of sp³-hybridized carbons (Fsp3) is 0.647. The van der Waals surface area contributed by atoms with Crippen molar-refractivity contribution in [3.8, 4) is 11.5 Å². The monoisotopic (exact) mass is 291 g/mol. The van der Waals surface area contributed by atoms with Crippen LogP contribution in [0.2, 0.25) is 0 Å². The molecule has 0 aliphatic carbocycles. The van der Waals surface area contributed by atoms with Gasteiger partial charge in [-0.15, -0.1) is 0 Å². The first kappa shape index (κ1) is 14.7. The Bertz CT molecular complexity index is 473. The number of rotatable bonds is 4. The van der Waals surface area contributed by atoms with Gasteiger partial charge in [0.05, 0.1) is 0 Å². The summed E-state index contributed by atoms with van der Waals surface area (Å²) in [5, 5.41) is 9.71. The summed E-state index contributed by atoms with van der Waals surface area (Å²) in [4.78, 5) is 2.42. The van der Waals surface area contributed by atoms with Crippen LogP contribution in [-0.4, -0.2) is 49.0 Å². The van der Waals surface area contributed by atoms with E-state index in [0.29, 0.717) is 6.61 Å². The van der Waals surface area contributed by atoms with Crippen molar-refractivity contribution in [3.05, 3.63) is 24.3 Å². The number of para-hydroxylation sites is 2. The molecule has 1 aromatic rings. The Kier molecular flexibility index (Phi) is 4.36. The lowest BCUT2D eigenvalue weighted by atomic mass is 9.78. The van der Waals surface area contributed by atoms with Crippen molar-refractivity contribution in [2.24, 2.45) is 5.41 Å². The molecule has 1 aromatic carbocycles. The van der Waals surface area contributed by atoms with Gasteiger partial charge in [0.1, 0.15) is 12.7 Å². The molecule has 3 rings (SSSR count). The maximum atomic E-state index is 9.71. The van der Waals surface area contributed by atoms with E-state index >= 15 is 0 Å². The lowest BCUT2D eigenvalue weighted by Gasteiger charge is -2.42. The summed E-state index contributed by atoms with van der Waals surface area (Å²) < 4.78 is 11.8. The molecule has 2 heterocycles. The van der Waals surface area contributed by atoms with Crippen LogP contribution in [0.3, 0.4) is 0 Å². The standard InChI is InChI=1S/C17H25NO3/c1-2-17(13-19)8-5-9-18(12-17)10-14-11-20-15-6-3-4-7-16(15)21-14/h3-4,6-7,14,19H,2,5,8-13H2,1H3. The van der Waals surface area contributed by atoms with Crippen LogP contribution in [0.1, 0.15) is 26.2 Å². The number of piperidine rings is 1. The summed E-state index contributed by atoms with van der Waals surface area (Å²) >= 11 is 0. The first-order valence-corrected chi connectivity index (χ1v) is 7.96. The van der Waals surface area contributed by atoms with E-state index in [9.17, 15) is 5.11 Å². The van der Waals surface area contributed by atoms with E-state index in [-0.39, 0.29) is 18.1 Å². The summed E-state index contributed by atoms with van der Waals surface area (Å²) in [7, 11) is 0. The average molecular weight is 291 g/mol. The summed E-state index contributed by atoms with van der Waals surface area (Å²) in [5.74, 6) is 1.68. The summed E-state index contributed by atoms with van der Waals surface area (Å²) in [6, 6.07) is 7.84. The van der Waals surface area contributed by atoms with E-state index in [2.05, 4.69) is 11.8 Å². The molecule has 2 unspecified atom stereocenters. The minimum absolute atomic E-state index is 0.0751. The van der Waals surface area contributed by atoms with Crippen LogP contribution in [-0.2, 0) is 0 Å². The van der Waals surface area contributed by atoms with Gasteiger partial charge >= 0.3 is 0 Å². The molecule has 1 saturated heterocycles. The Labute approximate surface area is 126 Å². The van der Waals surface area contributed by atoms with Crippen molar-refractivity contribution in [1.29, 1.82) is 0 Å². The smallest absolute Gasteiger partial charge is 0.161 e. The van der Waals surface area contributed by atoms with E-state index in [1.807, 2.05) is 24.3 Å². The zero-order chi connectivity index (χ0) is 14.7. The molecular weight excluding hydrogens is 266 g/mol. The number of fused-ring (bicyclic) bond motifs is 1. The highest BCUT2D eigenvalue weighted by atomic mass is 16.6. The van der Waals surface area contributed by atoms with E-state index in [1.54, 1.807) is 0 Å². The lowest BCUT2D eigenvalue weighted by molar-refractivity contribution is -0.00177. The van der Waals surface area contributed by atoms with Crippen LogP contribution in [0.5, 0.6) is 11.5 Å². The Morgan fingerprint density at radius 2 is 2.14 bits per heavy atom. The molecule has 4 nitrogen and oxygen atoms in total. The maximum absolute atomic E-state index is 9.71. The van der Waals surface area contributed by atoms with Gasteiger partial charge in [0.25, 0.3) is 0 Å². The molecule has 0 radical (unpaired) electrons. The summed E-state index contributed by atoms with van der Waals surface area (Å²) in [6.07, 6.45) is 3.39. The molecule has 1 fully saturated rings. The van der Waals surface area contributed by atoms with Crippen LogP contribution < -0.4 is 9.47 Å². The molecule has 0 spiro atoms. The van der Waals surface area contributed by atoms with Gasteiger partial charge in [-0.2, -0.15) is 0 Å². The van der Waals surface area contributed by atoms with Gasteiger partial charge in [-0.3, -0.25) is 4.90 Å². The van der Waals surface area contributed by atoms with Crippen LogP contribution in [0.15, 0.2) is 24.3 Å². The van der Waals surface area contributed by atoms with Gasteiger partial charge in [0, 0.05) is 25.1 Å². The van der Waals surface area contributed by atoms with Gasteiger partial charge in [-0.05, 0) is 37.9 Å². The number of nitrogens with zero attached hydrogens (tertiary/aromatic N) is 1. The fourth-order valence-electron chi connectivity index (χ4n) is 3.44. The Morgan fingerprint density at radius 3 is 2.90 bits per heavy atom. The zero-order valence-electron chi connectivity index (χ0n) is 12.8. The Hall–Kier alpha value is -1.26. The van der Waals surface area contributed by atoms with Crippen molar-refractivity contribution in [2.45, 2.75) is 32.3 Å². The van der Waals surface area contributed by atoms with Gasteiger partial charge in [0.15, 0.2) is 11.5 Å². The molecule has 0 amide bonds. The van der Waals surface area contributed by atoms with Crippen LogP contribution in [0.25, 0.3) is 0 Å². The molecule has 21 heavy (non-hydrogen) atoms. The predicted molar refractivity (Wildman–Crippen MR) is 81.8 cm³/mol. The second-order valence-corrected chi connectivity index (χ2v) is 6.35. The van der Waals surface area contributed by atoms with Crippen LogP contribution >= 0.6 is 0 Å². The minimum Gasteiger partial charge on any atom is -0.486 e.